The van der Waals surface area contributed by atoms with Crippen LogP contribution in [0.2, 0.25) is 10.0 Å². The van der Waals surface area contributed by atoms with Crippen LogP contribution >= 0.6 is 23.2 Å². The number of piperazine rings is 1. The number of rotatable bonds is 6. The van der Waals surface area contributed by atoms with E-state index in [1.165, 1.54) is 0 Å². The maximum absolute atomic E-state index is 12.5. The number of nitrogens with zero attached hydrogens (tertiary/aromatic N) is 5. The molecule has 1 saturated heterocycles. The zero-order valence-electron chi connectivity index (χ0n) is 16.5. The molecule has 0 radical (unpaired) electrons. The summed E-state index contributed by atoms with van der Waals surface area (Å²) in [6.45, 7) is 2.42. The van der Waals surface area contributed by atoms with E-state index in [4.69, 9.17) is 27.9 Å². The Bertz CT molecular complexity index is 1030. The molecule has 3 aromatic rings. The summed E-state index contributed by atoms with van der Waals surface area (Å²) in [7, 11) is 0. The minimum Gasteiger partial charge on any atom is -0.482 e. The van der Waals surface area contributed by atoms with Crippen molar-refractivity contribution in [1.29, 1.82) is 0 Å². The SMILES string of the molecule is O=C(COc1ccc(Cl)cc1Cl)N1CCN(c2ccc(Nc3ccncc3)nn2)CC1. The van der Waals surface area contributed by atoms with E-state index in [2.05, 4.69) is 25.4 Å². The summed E-state index contributed by atoms with van der Waals surface area (Å²) in [6.07, 6.45) is 3.42. The largest absolute Gasteiger partial charge is 0.482 e. The number of benzene rings is 1. The lowest BCUT2D eigenvalue weighted by Gasteiger charge is -2.35. The summed E-state index contributed by atoms with van der Waals surface area (Å²) >= 11 is 12.0. The van der Waals surface area contributed by atoms with Gasteiger partial charge in [-0.05, 0) is 42.5 Å². The van der Waals surface area contributed by atoms with E-state index in [-0.39, 0.29) is 12.5 Å². The summed E-state index contributed by atoms with van der Waals surface area (Å²) in [5.74, 6) is 1.78. The predicted octanol–water partition coefficient (Wildman–Crippen LogP) is 3.65. The summed E-state index contributed by atoms with van der Waals surface area (Å²) in [5, 5.41) is 12.6. The standard InChI is InChI=1S/C21H20Cl2N6O2/c22-15-1-2-18(17(23)13-15)31-14-21(30)29-11-9-28(10-12-29)20-4-3-19(26-27-20)25-16-5-7-24-8-6-16/h1-8,13H,9-12,14H2,(H,24,25,26). The number of carbonyl (C=O) groups excluding carboxylic acids is 1. The number of carbonyl (C=O) groups is 1. The predicted molar refractivity (Wildman–Crippen MR) is 120 cm³/mol. The van der Waals surface area contributed by atoms with Crippen LogP contribution in [0.5, 0.6) is 5.75 Å². The van der Waals surface area contributed by atoms with Crippen molar-refractivity contribution in [3.05, 3.63) is 64.9 Å². The van der Waals surface area contributed by atoms with Crippen LogP contribution in [0.25, 0.3) is 0 Å². The third kappa shape index (κ3) is 5.53. The second-order valence-electron chi connectivity index (χ2n) is 6.87. The van der Waals surface area contributed by atoms with E-state index in [1.807, 2.05) is 24.3 Å². The molecular weight excluding hydrogens is 439 g/mol. The van der Waals surface area contributed by atoms with Crippen LogP contribution in [0.1, 0.15) is 0 Å². The van der Waals surface area contributed by atoms with Gasteiger partial charge < -0.3 is 19.9 Å². The first kappa shape index (κ1) is 21.1. The van der Waals surface area contributed by atoms with Crippen molar-refractivity contribution < 1.29 is 9.53 Å². The Labute approximate surface area is 189 Å². The van der Waals surface area contributed by atoms with Crippen molar-refractivity contribution in [1.82, 2.24) is 20.1 Å². The second-order valence-corrected chi connectivity index (χ2v) is 7.71. The zero-order chi connectivity index (χ0) is 21.6. The van der Waals surface area contributed by atoms with Crippen LogP contribution in [0.15, 0.2) is 54.9 Å². The average Bonchev–Trinajstić information content (AvgIpc) is 2.80. The Morgan fingerprint density at radius 2 is 1.77 bits per heavy atom. The molecule has 1 aromatic carbocycles. The molecule has 1 aliphatic heterocycles. The quantitative estimate of drug-likeness (QED) is 0.603. The van der Waals surface area contributed by atoms with E-state index in [9.17, 15) is 4.79 Å². The van der Waals surface area contributed by atoms with E-state index in [1.54, 1.807) is 35.5 Å². The number of nitrogens with one attached hydrogen (secondary N) is 1. The van der Waals surface area contributed by atoms with E-state index < -0.39 is 0 Å². The van der Waals surface area contributed by atoms with Crippen molar-refractivity contribution >= 4 is 46.4 Å². The highest BCUT2D eigenvalue weighted by Crippen LogP contribution is 2.27. The summed E-state index contributed by atoms with van der Waals surface area (Å²) in [5.41, 5.74) is 0.895. The minimum absolute atomic E-state index is 0.0729. The van der Waals surface area contributed by atoms with Crippen LogP contribution < -0.4 is 15.0 Å². The van der Waals surface area contributed by atoms with Gasteiger partial charge in [0.1, 0.15) is 5.75 Å². The van der Waals surface area contributed by atoms with Crippen molar-refractivity contribution in [3.8, 4) is 5.75 Å². The fraction of sp³-hybridized carbons (Fsp3) is 0.238. The van der Waals surface area contributed by atoms with Crippen molar-refractivity contribution in [3.63, 3.8) is 0 Å². The van der Waals surface area contributed by atoms with Gasteiger partial charge in [0, 0.05) is 49.3 Å². The molecule has 0 saturated carbocycles. The molecule has 0 unspecified atom stereocenters. The number of amides is 1. The van der Waals surface area contributed by atoms with Gasteiger partial charge in [-0.15, -0.1) is 10.2 Å². The number of halogens is 2. The molecule has 8 nitrogen and oxygen atoms in total. The molecule has 4 rings (SSSR count). The lowest BCUT2D eigenvalue weighted by atomic mass is 10.3. The Morgan fingerprint density at radius 3 is 2.45 bits per heavy atom. The van der Waals surface area contributed by atoms with Gasteiger partial charge in [0.05, 0.1) is 5.02 Å². The molecule has 0 bridgehead atoms. The number of pyridine rings is 1. The highest BCUT2D eigenvalue weighted by Gasteiger charge is 2.22. The first-order chi connectivity index (χ1) is 15.1. The van der Waals surface area contributed by atoms with E-state index in [0.717, 1.165) is 11.5 Å². The maximum Gasteiger partial charge on any atom is 0.260 e. The van der Waals surface area contributed by atoms with Gasteiger partial charge in [-0.25, -0.2) is 0 Å². The van der Waals surface area contributed by atoms with Crippen LogP contribution in [0.3, 0.4) is 0 Å². The minimum atomic E-state index is -0.0892. The molecule has 160 valence electrons. The normalized spacial score (nSPS) is 13.7. The van der Waals surface area contributed by atoms with Crippen LogP contribution in [-0.2, 0) is 4.79 Å². The smallest absolute Gasteiger partial charge is 0.260 e. The molecular formula is C21H20Cl2N6O2. The highest BCUT2D eigenvalue weighted by atomic mass is 35.5. The molecule has 0 aliphatic carbocycles. The number of hydrogen-bond donors (Lipinski definition) is 1. The van der Waals surface area contributed by atoms with Gasteiger partial charge >= 0.3 is 0 Å². The Balaban J connectivity index is 1.26. The van der Waals surface area contributed by atoms with Gasteiger partial charge in [-0.1, -0.05) is 23.2 Å². The third-order valence-electron chi connectivity index (χ3n) is 4.80. The Morgan fingerprint density at radius 1 is 1.00 bits per heavy atom. The monoisotopic (exact) mass is 458 g/mol. The average molecular weight is 459 g/mol. The Hall–Kier alpha value is -3.10. The highest BCUT2D eigenvalue weighted by molar-refractivity contribution is 6.35. The first-order valence-corrected chi connectivity index (χ1v) is 10.5. The van der Waals surface area contributed by atoms with Crippen molar-refractivity contribution in [2.24, 2.45) is 0 Å². The van der Waals surface area contributed by atoms with Crippen LogP contribution in [0.4, 0.5) is 17.3 Å². The number of anilines is 3. The Kier molecular flexibility index (Phi) is 6.69. The molecule has 31 heavy (non-hydrogen) atoms. The van der Waals surface area contributed by atoms with Gasteiger partial charge in [-0.2, -0.15) is 0 Å². The van der Waals surface area contributed by atoms with Gasteiger partial charge in [0.2, 0.25) is 0 Å². The number of ether oxygens (including phenoxy) is 1. The van der Waals surface area contributed by atoms with Gasteiger partial charge in [0.15, 0.2) is 18.2 Å². The fourth-order valence-electron chi connectivity index (χ4n) is 3.15. The molecule has 0 atom stereocenters. The third-order valence-corrected chi connectivity index (χ3v) is 5.34. The van der Waals surface area contributed by atoms with E-state index >= 15 is 0 Å². The number of hydrogen-bond acceptors (Lipinski definition) is 7. The topological polar surface area (TPSA) is 83.5 Å². The fourth-order valence-corrected chi connectivity index (χ4v) is 3.61. The maximum atomic E-state index is 12.5. The molecule has 10 heteroatoms. The molecule has 0 spiro atoms. The zero-order valence-corrected chi connectivity index (χ0v) is 18.1. The second kappa shape index (κ2) is 9.80. The lowest BCUT2D eigenvalue weighted by Crippen LogP contribution is -2.50. The molecule has 1 N–H and O–H groups in total. The first-order valence-electron chi connectivity index (χ1n) is 9.70. The number of aromatic nitrogens is 3. The van der Waals surface area contributed by atoms with Gasteiger partial charge in [-0.3, -0.25) is 9.78 Å². The molecule has 1 amide bonds. The molecule has 2 aromatic heterocycles. The summed E-state index contributed by atoms with van der Waals surface area (Å²) in [6, 6.07) is 12.4. The van der Waals surface area contributed by atoms with Gasteiger partial charge in [0.25, 0.3) is 5.91 Å². The van der Waals surface area contributed by atoms with Crippen molar-refractivity contribution in [2.75, 3.05) is 43.0 Å². The lowest BCUT2D eigenvalue weighted by molar-refractivity contribution is -0.133. The van der Waals surface area contributed by atoms with Crippen LogP contribution in [0, 0.1) is 0 Å². The molecule has 3 heterocycles. The summed E-state index contributed by atoms with van der Waals surface area (Å²) < 4.78 is 5.55. The van der Waals surface area contributed by atoms with Crippen LogP contribution in [-0.4, -0.2) is 58.8 Å². The summed E-state index contributed by atoms with van der Waals surface area (Å²) in [4.78, 5) is 20.3. The van der Waals surface area contributed by atoms with E-state index in [0.29, 0.717) is 47.8 Å². The molecule has 1 fully saturated rings. The molecule has 1 aliphatic rings. The van der Waals surface area contributed by atoms with Crippen molar-refractivity contribution in [2.45, 2.75) is 0 Å².